The van der Waals surface area contributed by atoms with E-state index in [9.17, 15) is 4.21 Å². The van der Waals surface area contributed by atoms with Gasteiger partial charge in [0, 0.05) is 28.9 Å². The van der Waals surface area contributed by atoms with E-state index in [4.69, 9.17) is 5.73 Å². The maximum Gasteiger partial charge on any atom is 0.0425 e. The highest BCUT2D eigenvalue weighted by Crippen LogP contribution is 2.23. The molecule has 2 atom stereocenters. The second-order valence-electron chi connectivity index (χ2n) is 5.22. The molecule has 2 nitrogen and oxygen atoms in total. The molecule has 0 fully saturated rings. The van der Waals surface area contributed by atoms with Crippen molar-refractivity contribution in [3.05, 3.63) is 35.4 Å². The first-order valence-corrected chi connectivity index (χ1v) is 7.19. The van der Waals surface area contributed by atoms with Gasteiger partial charge in [0.15, 0.2) is 0 Å². The molecule has 0 heterocycles. The SMILES string of the molecule is CS(=O)CC(N)c1ccc(C(C)(C)C)cc1. The molecule has 2 unspecified atom stereocenters. The van der Waals surface area contributed by atoms with Crippen molar-refractivity contribution in [2.75, 3.05) is 12.0 Å². The van der Waals surface area contributed by atoms with Crippen LogP contribution in [0.25, 0.3) is 0 Å². The lowest BCUT2D eigenvalue weighted by Crippen LogP contribution is -2.18. The van der Waals surface area contributed by atoms with Gasteiger partial charge in [-0.05, 0) is 16.5 Å². The second-order valence-corrected chi connectivity index (χ2v) is 6.70. The van der Waals surface area contributed by atoms with Gasteiger partial charge in [-0.2, -0.15) is 0 Å². The first-order chi connectivity index (χ1) is 7.30. The van der Waals surface area contributed by atoms with Crippen molar-refractivity contribution in [2.24, 2.45) is 5.73 Å². The minimum atomic E-state index is -0.844. The van der Waals surface area contributed by atoms with Crippen LogP contribution in [0.1, 0.15) is 37.9 Å². The number of nitrogens with two attached hydrogens (primary N) is 1. The van der Waals surface area contributed by atoms with Crippen molar-refractivity contribution < 1.29 is 4.21 Å². The van der Waals surface area contributed by atoms with Crippen LogP contribution in [0.15, 0.2) is 24.3 Å². The molecule has 0 amide bonds. The van der Waals surface area contributed by atoms with E-state index in [1.807, 2.05) is 12.1 Å². The summed E-state index contributed by atoms with van der Waals surface area (Å²) in [6.07, 6.45) is 1.68. The fraction of sp³-hybridized carbons (Fsp3) is 0.538. The van der Waals surface area contributed by atoms with Crippen molar-refractivity contribution >= 4 is 10.8 Å². The summed E-state index contributed by atoms with van der Waals surface area (Å²) < 4.78 is 11.1. The average Bonchev–Trinajstić information content (AvgIpc) is 2.15. The molecule has 0 aliphatic heterocycles. The molecule has 16 heavy (non-hydrogen) atoms. The maximum absolute atomic E-state index is 11.1. The number of hydrogen-bond donors (Lipinski definition) is 1. The van der Waals surface area contributed by atoms with Gasteiger partial charge >= 0.3 is 0 Å². The smallest absolute Gasteiger partial charge is 0.0425 e. The molecule has 0 aliphatic rings. The van der Waals surface area contributed by atoms with E-state index in [2.05, 4.69) is 32.9 Å². The highest BCUT2D eigenvalue weighted by Gasteiger charge is 2.14. The Labute approximate surface area is 101 Å². The van der Waals surface area contributed by atoms with Gasteiger partial charge in [0.25, 0.3) is 0 Å². The molecule has 1 aromatic rings. The summed E-state index contributed by atoms with van der Waals surface area (Å²) in [6, 6.07) is 8.16. The number of rotatable bonds is 3. The molecule has 0 bridgehead atoms. The van der Waals surface area contributed by atoms with Crippen LogP contribution in [0.2, 0.25) is 0 Å². The van der Waals surface area contributed by atoms with Crippen molar-refractivity contribution in [1.82, 2.24) is 0 Å². The van der Waals surface area contributed by atoms with Gasteiger partial charge in [0.2, 0.25) is 0 Å². The summed E-state index contributed by atoms with van der Waals surface area (Å²) in [6.45, 7) is 6.55. The zero-order valence-corrected chi connectivity index (χ0v) is 11.3. The summed E-state index contributed by atoms with van der Waals surface area (Å²) in [5, 5.41) is 0. The molecule has 90 valence electrons. The van der Waals surface area contributed by atoms with E-state index in [1.165, 1.54) is 5.56 Å². The van der Waals surface area contributed by atoms with Gasteiger partial charge in [-0.3, -0.25) is 4.21 Å². The molecular weight excluding hydrogens is 218 g/mol. The summed E-state index contributed by atoms with van der Waals surface area (Å²) in [5.74, 6) is 0.523. The van der Waals surface area contributed by atoms with Gasteiger partial charge in [0.05, 0.1) is 0 Å². The van der Waals surface area contributed by atoms with Crippen LogP contribution < -0.4 is 5.73 Å². The topological polar surface area (TPSA) is 43.1 Å². The minimum absolute atomic E-state index is 0.125. The zero-order chi connectivity index (χ0) is 12.3. The Morgan fingerprint density at radius 2 is 1.75 bits per heavy atom. The standard InChI is InChI=1S/C13H21NOS/c1-13(2,3)11-7-5-10(6-8-11)12(14)9-16(4)15/h5-8,12H,9,14H2,1-4H3. The molecule has 0 aliphatic carbocycles. The summed E-state index contributed by atoms with van der Waals surface area (Å²) in [4.78, 5) is 0. The summed E-state index contributed by atoms with van der Waals surface area (Å²) >= 11 is 0. The van der Waals surface area contributed by atoms with Crippen LogP contribution in [0.5, 0.6) is 0 Å². The average molecular weight is 239 g/mol. The first-order valence-electron chi connectivity index (χ1n) is 5.47. The molecule has 0 radical (unpaired) electrons. The van der Waals surface area contributed by atoms with Crippen LogP contribution in [0.3, 0.4) is 0 Å². The Hall–Kier alpha value is -0.670. The molecule has 0 saturated carbocycles. The maximum atomic E-state index is 11.1. The first kappa shape index (κ1) is 13.4. The molecule has 0 aromatic heterocycles. The van der Waals surface area contributed by atoms with E-state index in [1.54, 1.807) is 6.26 Å². The van der Waals surface area contributed by atoms with Crippen molar-refractivity contribution in [3.63, 3.8) is 0 Å². The molecule has 0 spiro atoms. The van der Waals surface area contributed by atoms with Crippen LogP contribution in [0.4, 0.5) is 0 Å². The van der Waals surface area contributed by atoms with Gasteiger partial charge < -0.3 is 5.73 Å². The highest BCUT2D eigenvalue weighted by atomic mass is 32.2. The third-order valence-corrected chi connectivity index (χ3v) is 3.45. The lowest BCUT2D eigenvalue weighted by Gasteiger charge is -2.20. The molecule has 3 heteroatoms. The Balaban J connectivity index is 2.83. The number of hydrogen-bond acceptors (Lipinski definition) is 2. The van der Waals surface area contributed by atoms with Crippen LogP contribution >= 0.6 is 0 Å². The fourth-order valence-corrected chi connectivity index (χ4v) is 2.28. The predicted molar refractivity (Wildman–Crippen MR) is 71.0 cm³/mol. The van der Waals surface area contributed by atoms with Crippen LogP contribution in [-0.4, -0.2) is 16.2 Å². The molecular formula is C13H21NOS. The fourth-order valence-electron chi connectivity index (χ4n) is 1.58. The second kappa shape index (κ2) is 5.11. The summed E-state index contributed by atoms with van der Waals surface area (Å²) in [7, 11) is -0.844. The van der Waals surface area contributed by atoms with E-state index >= 15 is 0 Å². The molecule has 0 saturated heterocycles. The van der Waals surface area contributed by atoms with Crippen molar-refractivity contribution in [3.8, 4) is 0 Å². The minimum Gasteiger partial charge on any atom is -0.323 e. The normalized spacial score (nSPS) is 15.8. The third kappa shape index (κ3) is 3.72. The number of benzene rings is 1. The van der Waals surface area contributed by atoms with E-state index in [-0.39, 0.29) is 11.5 Å². The zero-order valence-electron chi connectivity index (χ0n) is 10.5. The van der Waals surface area contributed by atoms with E-state index < -0.39 is 10.8 Å². The molecule has 2 N–H and O–H groups in total. The lowest BCUT2D eigenvalue weighted by molar-refractivity contribution is 0.589. The van der Waals surface area contributed by atoms with Crippen molar-refractivity contribution in [2.45, 2.75) is 32.2 Å². The Kier molecular flexibility index (Phi) is 4.28. The molecule has 1 rings (SSSR count). The lowest BCUT2D eigenvalue weighted by atomic mass is 9.86. The van der Waals surface area contributed by atoms with Gasteiger partial charge in [-0.1, -0.05) is 45.0 Å². The highest BCUT2D eigenvalue weighted by molar-refractivity contribution is 7.84. The van der Waals surface area contributed by atoms with Crippen LogP contribution in [0, 0.1) is 0 Å². The summed E-state index contributed by atoms with van der Waals surface area (Å²) in [5.41, 5.74) is 8.48. The van der Waals surface area contributed by atoms with Gasteiger partial charge in [0.1, 0.15) is 0 Å². The Morgan fingerprint density at radius 1 is 1.25 bits per heavy atom. The van der Waals surface area contributed by atoms with Gasteiger partial charge in [-0.15, -0.1) is 0 Å². The monoisotopic (exact) mass is 239 g/mol. The van der Waals surface area contributed by atoms with E-state index in [0.29, 0.717) is 5.75 Å². The van der Waals surface area contributed by atoms with Gasteiger partial charge in [-0.25, -0.2) is 0 Å². The quantitative estimate of drug-likeness (QED) is 0.880. The van der Waals surface area contributed by atoms with Crippen molar-refractivity contribution in [1.29, 1.82) is 0 Å². The predicted octanol–water partition coefficient (Wildman–Crippen LogP) is 2.36. The molecule has 1 aromatic carbocycles. The Morgan fingerprint density at radius 3 is 2.12 bits per heavy atom. The largest absolute Gasteiger partial charge is 0.323 e. The van der Waals surface area contributed by atoms with E-state index in [0.717, 1.165) is 5.56 Å². The third-order valence-electron chi connectivity index (χ3n) is 2.62. The Bertz CT molecular complexity index is 365. The van der Waals surface area contributed by atoms with Crippen LogP contribution in [-0.2, 0) is 16.2 Å².